The van der Waals surface area contributed by atoms with Crippen LogP contribution in [-0.4, -0.2) is 54.1 Å². The first-order valence-electron chi connectivity index (χ1n) is 5.18. The Morgan fingerprint density at radius 1 is 1.27 bits per heavy atom. The molecule has 1 rings (SSSR count). The van der Waals surface area contributed by atoms with Crippen LogP contribution in [0.3, 0.4) is 0 Å². The molecular formula is C10H18N2O3. The van der Waals surface area contributed by atoms with E-state index >= 15 is 0 Å². The fourth-order valence-corrected chi connectivity index (χ4v) is 1.42. The number of amides is 2. The van der Waals surface area contributed by atoms with E-state index in [4.69, 9.17) is 5.11 Å². The zero-order valence-electron chi connectivity index (χ0n) is 9.27. The third-order valence-corrected chi connectivity index (χ3v) is 2.54. The highest BCUT2D eigenvalue weighted by molar-refractivity contribution is 5.75. The molecule has 0 aromatic carbocycles. The minimum absolute atomic E-state index is 0.000488. The van der Waals surface area contributed by atoms with Crippen molar-refractivity contribution in [1.82, 2.24) is 9.80 Å². The van der Waals surface area contributed by atoms with E-state index in [0.717, 1.165) is 6.54 Å². The van der Waals surface area contributed by atoms with Crippen LogP contribution in [0, 0.1) is 5.92 Å². The normalized spacial score (nSPS) is 14.8. The van der Waals surface area contributed by atoms with Gasteiger partial charge in [0.2, 0.25) is 0 Å². The first-order valence-corrected chi connectivity index (χ1v) is 5.18. The minimum Gasteiger partial charge on any atom is -0.481 e. The average molecular weight is 214 g/mol. The predicted molar refractivity (Wildman–Crippen MR) is 55.6 cm³/mol. The van der Waals surface area contributed by atoms with Crippen LogP contribution < -0.4 is 0 Å². The number of nitrogens with zero attached hydrogens (tertiary/aromatic N) is 2. The summed E-state index contributed by atoms with van der Waals surface area (Å²) in [4.78, 5) is 25.1. The highest BCUT2D eigenvalue weighted by atomic mass is 16.4. The second-order valence-electron chi connectivity index (χ2n) is 4.17. The van der Waals surface area contributed by atoms with Gasteiger partial charge in [-0.05, 0) is 18.8 Å². The van der Waals surface area contributed by atoms with E-state index in [1.807, 2.05) is 0 Å². The lowest BCUT2D eigenvalue weighted by Crippen LogP contribution is -2.40. The SMILES string of the molecule is CN(CCC(=O)O)C(=O)N(C)CC1CC1. The summed E-state index contributed by atoms with van der Waals surface area (Å²) in [6, 6.07) is -0.0943. The lowest BCUT2D eigenvalue weighted by atomic mass is 10.4. The average Bonchev–Trinajstić information content (AvgIpc) is 2.96. The van der Waals surface area contributed by atoms with Crippen LogP contribution in [0.2, 0.25) is 0 Å². The Labute approximate surface area is 89.7 Å². The number of hydrogen-bond acceptors (Lipinski definition) is 2. The summed E-state index contributed by atoms with van der Waals surface area (Å²) in [6.07, 6.45) is 2.41. The quantitative estimate of drug-likeness (QED) is 0.738. The van der Waals surface area contributed by atoms with E-state index in [1.54, 1.807) is 19.0 Å². The Bertz CT molecular complexity index is 251. The van der Waals surface area contributed by atoms with Crippen LogP contribution in [-0.2, 0) is 4.79 Å². The van der Waals surface area contributed by atoms with Gasteiger partial charge in [0.15, 0.2) is 0 Å². The minimum atomic E-state index is -0.875. The third-order valence-electron chi connectivity index (χ3n) is 2.54. The molecule has 0 aromatic rings. The van der Waals surface area contributed by atoms with Gasteiger partial charge in [-0.3, -0.25) is 4.79 Å². The smallest absolute Gasteiger partial charge is 0.319 e. The van der Waals surface area contributed by atoms with Gasteiger partial charge in [-0.1, -0.05) is 0 Å². The lowest BCUT2D eigenvalue weighted by Gasteiger charge is -2.24. The zero-order chi connectivity index (χ0) is 11.4. The van der Waals surface area contributed by atoms with E-state index in [1.165, 1.54) is 17.7 Å². The second kappa shape index (κ2) is 5.00. The number of carbonyl (C=O) groups excluding carboxylic acids is 1. The van der Waals surface area contributed by atoms with Gasteiger partial charge in [-0.15, -0.1) is 0 Å². The van der Waals surface area contributed by atoms with Crippen LogP contribution in [0.5, 0.6) is 0 Å². The first kappa shape index (κ1) is 11.8. The number of hydrogen-bond donors (Lipinski definition) is 1. The van der Waals surface area contributed by atoms with Crippen molar-refractivity contribution >= 4 is 12.0 Å². The van der Waals surface area contributed by atoms with Crippen molar-refractivity contribution in [2.24, 2.45) is 5.92 Å². The van der Waals surface area contributed by atoms with Crippen molar-refractivity contribution in [1.29, 1.82) is 0 Å². The zero-order valence-corrected chi connectivity index (χ0v) is 9.27. The van der Waals surface area contributed by atoms with Crippen LogP contribution in [0.25, 0.3) is 0 Å². The van der Waals surface area contributed by atoms with E-state index in [0.29, 0.717) is 5.92 Å². The molecule has 0 unspecified atom stereocenters. The van der Waals surface area contributed by atoms with Crippen LogP contribution >= 0.6 is 0 Å². The number of carbonyl (C=O) groups is 2. The molecular weight excluding hydrogens is 196 g/mol. The maximum atomic E-state index is 11.7. The fraction of sp³-hybridized carbons (Fsp3) is 0.800. The molecule has 86 valence electrons. The molecule has 1 saturated carbocycles. The molecule has 1 fully saturated rings. The Kier molecular flexibility index (Phi) is 3.94. The summed E-state index contributed by atoms with van der Waals surface area (Å²) in [6.45, 7) is 1.05. The van der Waals surface area contributed by atoms with Gasteiger partial charge < -0.3 is 14.9 Å². The van der Waals surface area contributed by atoms with Crippen molar-refractivity contribution in [3.63, 3.8) is 0 Å². The summed E-state index contributed by atoms with van der Waals surface area (Å²) in [5, 5.41) is 8.49. The van der Waals surface area contributed by atoms with Gasteiger partial charge in [-0.2, -0.15) is 0 Å². The predicted octanol–water partition coefficient (Wildman–Crippen LogP) is 0.855. The van der Waals surface area contributed by atoms with E-state index in [2.05, 4.69) is 0 Å². The molecule has 0 atom stereocenters. The summed E-state index contributed by atoms with van der Waals surface area (Å²) in [5.41, 5.74) is 0. The molecule has 2 amide bonds. The molecule has 0 saturated heterocycles. The standard InChI is InChI=1S/C10H18N2O3/c1-11(6-5-9(13)14)10(15)12(2)7-8-3-4-8/h8H,3-7H2,1-2H3,(H,13,14). The van der Waals surface area contributed by atoms with Crippen molar-refractivity contribution in [2.45, 2.75) is 19.3 Å². The Balaban J connectivity index is 2.26. The van der Waals surface area contributed by atoms with Gasteiger partial charge in [0.25, 0.3) is 0 Å². The molecule has 5 heteroatoms. The van der Waals surface area contributed by atoms with Crippen LogP contribution in [0.1, 0.15) is 19.3 Å². The largest absolute Gasteiger partial charge is 0.481 e. The second-order valence-corrected chi connectivity index (χ2v) is 4.17. The van der Waals surface area contributed by atoms with Gasteiger partial charge in [0.05, 0.1) is 6.42 Å². The molecule has 0 aliphatic heterocycles. The van der Waals surface area contributed by atoms with E-state index in [-0.39, 0.29) is 19.0 Å². The Morgan fingerprint density at radius 2 is 1.87 bits per heavy atom. The van der Waals surface area contributed by atoms with Crippen molar-refractivity contribution < 1.29 is 14.7 Å². The van der Waals surface area contributed by atoms with Crippen LogP contribution in [0.15, 0.2) is 0 Å². The number of rotatable bonds is 5. The molecule has 1 aliphatic carbocycles. The molecule has 0 spiro atoms. The molecule has 0 aromatic heterocycles. The van der Waals surface area contributed by atoms with Crippen molar-refractivity contribution in [3.05, 3.63) is 0 Å². The first-order chi connectivity index (χ1) is 7.00. The number of carboxylic acids is 1. The topological polar surface area (TPSA) is 60.9 Å². The summed E-state index contributed by atoms with van der Waals surface area (Å²) in [5.74, 6) is -0.216. The Morgan fingerprint density at radius 3 is 2.33 bits per heavy atom. The fourth-order valence-electron chi connectivity index (χ4n) is 1.42. The van der Waals surface area contributed by atoms with Crippen molar-refractivity contribution in [3.8, 4) is 0 Å². The third kappa shape index (κ3) is 4.18. The number of carboxylic acid groups (broad SMARTS) is 1. The lowest BCUT2D eigenvalue weighted by molar-refractivity contribution is -0.137. The maximum absolute atomic E-state index is 11.7. The molecule has 15 heavy (non-hydrogen) atoms. The van der Waals surface area contributed by atoms with E-state index in [9.17, 15) is 9.59 Å². The molecule has 0 radical (unpaired) electrons. The molecule has 0 bridgehead atoms. The summed E-state index contributed by atoms with van der Waals surface area (Å²) >= 11 is 0. The monoisotopic (exact) mass is 214 g/mol. The van der Waals surface area contributed by atoms with Gasteiger partial charge >= 0.3 is 12.0 Å². The maximum Gasteiger partial charge on any atom is 0.319 e. The number of urea groups is 1. The molecule has 0 heterocycles. The summed E-state index contributed by atoms with van der Waals surface area (Å²) in [7, 11) is 3.40. The molecule has 1 aliphatic rings. The Hall–Kier alpha value is -1.26. The molecule has 5 nitrogen and oxygen atoms in total. The van der Waals surface area contributed by atoms with Gasteiger partial charge in [-0.25, -0.2) is 4.79 Å². The van der Waals surface area contributed by atoms with Gasteiger partial charge in [0.1, 0.15) is 0 Å². The highest BCUT2D eigenvalue weighted by Crippen LogP contribution is 2.29. The summed E-state index contributed by atoms with van der Waals surface area (Å²) < 4.78 is 0. The van der Waals surface area contributed by atoms with E-state index < -0.39 is 5.97 Å². The highest BCUT2D eigenvalue weighted by Gasteiger charge is 2.25. The number of aliphatic carboxylic acids is 1. The van der Waals surface area contributed by atoms with Crippen molar-refractivity contribution in [2.75, 3.05) is 27.2 Å². The van der Waals surface area contributed by atoms with Gasteiger partial charge in [0, 0.05) is 27.2 Å². The van der Waals surface area contributed by atoms with Crippen LogP contribution in [0.4, 0.5) is 4.79 Å². The molecule has 1 N–H and O–H groups in total.